The third-order valence-electron chi connectivity index (χ3n) is 7.33. The van der Waals surface area contributed by atoms with Crippen LogP contribution in [-0.4, -0.2) is 53.2 Å². The molecule has 1 fully saturated rings. The fraction of sp³-hybridized carbons (Fsp3) is 0.522. The minimum atomic E-state index is -0.643. The number of urea groups is 1. The lowest BCUT2D eigenvalue weighted by Gasteiger charge is -2.42. The van der Waals surface area contributed by atoms with Crippen LogP contribution in [0.25, 0.3) is 11.3 Å². The van der Waals surface area contributed by atoms with Crippen LogP contribution in [0, 0.1) is 17.0 Å². The number of aromatic nitrogens is 2. The molecule has 2 bridgehead atoms. The molecule has 0 unspecified atom stereocenters. The molecule has 2 amide bonds. The first-order valence-electron chi connectivity index (χ1n) is 10.4. The van der Waals surface area contributed by atoms with Crippen LogP contribution in [0.4, 0.5) is 13.6 Å². The number of carbonyl (C=O) groups is 1. The second-order valence-corrected chi connectivity index (χ2v) is 9.22. The summed E-state index contributed by atoms with van der Waals surface area (Å²) < 4.78 is 28.7. The van der Waals surface area contributed by atoms with E-state index in [0.29, 0.717) is 13.1 Å². The van der Waals surface area contributed by atoms with Crippen molar-refractivity contribution in [1.29, 1.82) is 0 Å². The molecular formula is C23H28F2N4O. The normalized spacial score (nSPS) is 23.4. The van der Waals surface area contributed by atoms with Crippen molar-refractivity contribution in [2.75, 3.05) is 27.2 Å². The Kier molecular flexibility index (Phi) is 4.83. The van der Waals surface area contributed by atoms with Gasteiger partial charge in [0.1, 0.15) is 11.6 Å². The molecule has 5 nitrogen and oxygen atoms in total. The molecule has 7 heteroatoms. The Morgan fingerprint density at radius 3 is 2.47 bits per heavy atom. The Labute approximate surface area is 176 Å². The largest absolute Gasteiger partial charge is 0.331 e. The number of likely N-dealkylation sites (N-methyl/N-ethyl adjacent to an activating group) is 1. The van der Waals surface area contributed by atoms with E-state index in [1.807, 2.05) is 11.8 Å². The summed E-state index contributed by atoms with van der Waals surface area (Å²) in [5.41, 5.74) is 1.49. The van der Waals surface area contributed by atoms with Crippen molar-refractivity contribution in [2.45, 2.75) is 44.9 Å². The molecule has 2 atom stereocenters. The monoisotopic (exact) mass is 414 g/mol. The Morgan fingerprint density at radius 1 is 1.20 bits per heavy atom. The highest BCUT2D eigenvalue weighted by Gasteiger charge is 2.64. The zero-order valence-electron chi connectivity index (χ0n) is 18.2. The minimum Gasteiger partial charge on any atom is -0.331 e. The number of benzene rings is 1. The number of fused-ring (bicyclic) bond motifs is 5. The first-order valence-corrected chi connectivity index (χ1v) is 10.4. The molecule has 0 radical (unpaired) electrons. The van der Waals surface area contributed by atoms with Crippen molar-refractivity contribution in [2.24, 2.45) is 5.41 Å². The first kappa shape index (κ1) is 20.7. The van der Waals surface area contributed by atoms with Crippen LogP contribution in [-0.2, 0) is 5.41 Å². The van der Waals surface area contributed by atoms with Crippen LogP contribution in [0.15, 0.2) is 24.3 Å². The number of hydrogen-bond acceptors (Lipinski definition) is 3. The molecule has 2 aliphatic carbocycles. The van der Waals surface area contributed by atoms with Gasteiger partial charge in [0, 0.05) is 32.6 Å². The number of carbonyl (C=O) groups excluding carboxylic acids is 1. The van der Waals surface area contributed by atoms with E-state index in [9.17, 15) is 13.6 Å². The molecule has 1 heterocycles. The minimum absolute atomic E-state index is 0.0300. The molecule has 0 saturated heterocycles. The van der Waals surface area contributed by atoms with Gasteiger partial charge in [-0.1, -0.05) is 19.9 Å². The molecule has 1 aromatic carbocycles. The number of nitrogens with zero attached hydrogens (tertiary/aromatic N) is 4. The highest BCUT2D eigenvalue weighted by Crippen LogP contribution is 2.67. The second-order valence-electron chi connectivity index (χ2n) is 9.22. The molecule has 4 rings (SSSR count). The van der Waals surface area contributed by atoms with Gasteiger partial charge in [-0.3, -0.25) is 0 Å². The van der Waals surface area contributed by atoms with E-state index in [0.717, 1.165) is 24.1 Å². The number of halogens is 2. The molecule has 2 aliphatic rings. The third kappa shape index (κ3) is 2.74. The van der Waals surface area contributed by atoms with Gasteiger partial charge in [0.25, 0.3) is 0 Å². The highest BCUT2D eigenvalue weighted by molar-refractivity contribution is 5.74. The van der Waals surface area contributed by atoms with Crippen LogP contribution < -0.4 is 0 Å². The Balaban J connectivity index is 1.80. The van der Waals surface area contributed by atoms with Gasteiger partial charge in [-0.25, -0.2) is 13.6 Å². The fourth-order valence-electron chi connectivity index (χ4n) is 5.56. The molecule has 0 aliphatic heterocycles. The van der Waals surface area contributed by atoms with Crippen LogP contribution in [0.1, 0.15) is 50.8 Å². The molecule has 0 N–H and O–H groups in total. The van der Waals surface area contributed by atoms with E-state index in [1.54, 1.807) is 25.1 Å². The van der Waals surface area contributed by atoms with Crippen molar-refractivity contribution in [1.82, 2.24) is 20.0 Å². The predicted molar refractivity (Wildman–Crippen MR) is 111 cm³/mol. The quantitative estimate of drug-likeness (QED) is 0.736. The maximum Gasteiger partial charge on any atom is 0.319 e. The molecule has 160 valence electrons. The first-order chi connectivity index (χ1) is 14.1. The van der Waals surface area contributed by atoms with Gasteiger partial charge >= 0.3 is 6.03 Å². The van der Waals surface area contributed by atoms with Gasteiger partial charge in [0.2, 0.25) is 0 Å². The molecule has 1 aromatic heterocycles. The van der Waals surface area contributed by atoms with Crippen molar-refractivity contribution < 1.29 is 13.6 Å². The van der Waals surface area contributed by atoms with E-state index < -0.39 is 11.6 Å². The smallest absolute Gasteiger partial charge is 0.319 e. The summed E-state index contributed by atoms with van der Waals surface area (Å²) >= 11 is 0. The maximum absolute atomic E-state index is 14.3. The average Bonchev–Trinajstić information content (AvgIpc) is 3.05. The summed E-state index contributed by atoms with van der Waals surface area (Å²) in [6, 6.07) is 5.59. The molecule has 30 heavy (non-hydrogen) atoms. The van der Waals surface area contributed by atoms with Crippen LogP contribution in [0.5, 0.6) is 0 Å². The summed E-state index contributed by atoms with van der Waals surface area (Å²) in [5.74, 6) is -1.07. The number of rotatable bonds is 4. The van der Waals surface area contributed by atoms with Crippen molar-refractivity contribution in [3.05, 3.63) is 47.2 Å². The SMILES string of the molecule is CCN(C[C@@]12CC[C@@H](c3cc(-c4c(F)cccc4F)nnc31)C2(C)C)C(=O)N(C)C. The van der Waals surface area contributed by atoms with Crippen LogP contribution in [0.3, 0.4) is 0 Å². The summed E-state index contributed by atoms with van der Waals surface area (Å²) in [4.78, 5) is 16.1. The third-order valence-corrected chi connectivity index (χ3v) is 7.33. The van der Waals surface area contributed by atoms with Crippen molar-refractivity contribution in [3.8, 4) is 11.3 Å². The molecule has 0 spiro atoms. The van der Waals surface area contributed by atoms with Crippen molar-refractivity contribution >= 4 is 6.03 Å². The zero-order valence-corrected chi connectivity index (χ0v) is 18.2. The van der Waals surface area contributed by atoms with Gasteiger partial charge < -0.3 is 9.80 Å². The highest BCUT2D eigenvalue weighted by atomic mass is 19.1. The van der Waals surface area contributed by atoms with Gasteiger partial charge in [0.15, 0.2) is 0 Å². The Bertz CT molecular complexity index is 986. The molecular weight excluding hydrogens is 386 g/mol. The van der Waals surface area contributed by atoms with Gasteiger partial charge in [0.05, 0.1) is 17.0 Å². The second kappa shape index (κ2) is 7.00. The average molecular weight is 415 g/mol. The lowest BCUT2D eigenvalue weighted by Crippen LogP contribution is -2.50. The van der Waals surface area contributed by atoms with E-state index in [1.165, 1.54) is 18.2 Å². The topological polar surface area (TPSA) is 49.3 Å². The number of hydrogen-bond donors (Lipinski definition) is 0. The maximum atomic E-state index is 14.3. The lowest BCUT2D eigenvalue weighted by atomic mass is 9.68. The number of amides is 2. The van der Waals surface area contributed by atoms with Gasteiger partial charge in [-0.05, 0) is 54.9 Å². The van der Waals surface area contributed by atoms with Crippen LogP contribution >= 0.6 is 0 Å². The summed E-state index contributed by atoms with van der Waals surface area (Å²) in [6.07, 6.45) is 1.87. The van der Waals surface area contributed by atoms with Crippen LogP contribution in [0.2, 0.25) is 0 Å². The van der Waals surface area contributed by atoms with E-state index in [-0.39, 0.29) is 34.0 Å². The summed E-state index contributed by atoms with van der Waals surface area (Å²) in [5, 5.41) is 8.77. The standard InChI is InChI=1S/C23H28F2N4O/c1-6-29(21(30)28(4)5)13-23-11-10-15(22(23,2)3)14-12-18(26-27-20(14)23)19-16(24)8-7-9-17(19)25/h7-9,12,15H,6,10-11,13H2,1-5H3/t15-,23-/m0/s1. The van der Waals surface area contributed by atoms with E-state index in [4.69, 9.17) is 0 Å². The predicted octanol–water partition coefficient (Wildman–Crippen LogP) is 4.58. The Hall–Kier alpha value is -2.57. The van der Waals surface area contributed by atoms with Gasteiger partial charge in [-0.2, -0.15) is 10.2 Å². The zero-order chi connectivity index (χ0) is 21.8. The summed E-state index contributed by atoms with van der Waals surface area (Å²) in [7, 11) is 3.51. The molecule has 2 aromatic rings. The fourth-order valence-corrected chi connectivity index (χ4v) is 5.56. The van der Waals surface area contributed by atoms with Gasteiger partial charge in [-0.15, -0.1) is 0 Å². The lowest BCUT2D eigenvalue weighted by molar-refractivity contribution is 0.122. The molecule has 1 saturated carbocycles. The summed E-state index contributed by atoms with van der Waals surface area (Å²) in [6.45, 7) is 7.55. The van der Waals surface area contributed by atoms with Crippen molar-refractivity contribution in [3.63, 3.8) is 0 Å². The Morgan fingerprint density at radius 2 is 1.87 bits per heavy atom. The van der Waals surface area contributed by atoms with E-state index in [2.05, 4.69) is 24.0 Å². The van der Waals surface area contributed by atoms with E-state index >= 15 is 0 Å².